The van der Waals surface area contributed by atoms with Crippen molar-refractivity contribution in [3.05, 3.63) is 127 Å². The average Bonchev–Trinajstić information content (AvgIpc) is 2.85. The van der Waals surface area contributed by atoms with Crippen LogP contribution in [0.1, 0.15) is 0 Å². The second kappa shape index (κ2) is 8.33. The van der Waals surface area contributed by atoms with Gasteiger partial charge in [0.25, 0.3) is 0 Å². The lowest BCUT2D eigenvalue weighted by atomic mass is 9.84. The van der Waals surface area contributed by atoms with Gasteiger partial charge in [-0.3, -0.25) is 0 Å². The Bertz CT molecular complexity index is 1230. The summed E-state index contributed by atoms with van der Waals surface area (Å²) < 4.78 is 0. The molecule has 2 N–H and O–H groups in total. The van der Waals surface area contributed by atoms with Crippen molar-refractivity contribution in [2.45, 2.75) is 0 Å². The first-order chi connectivity index (χ1) is 15.3. The molecule has 1 nitrogen and oxygen atoms in total. The third-order valence-corrected chi connectivity index (χ3v) is 5.61. The third kappa shape index (κ3) is 3.86. The van der Waals surface area contributed by atoms with E-state index >= 15 is 0 Å². The Hall–Kier alpha value is -4.10. The van der Waals surface area contributed by atoms with Crippen molar-refractivity contribution >= 4 is 5.69 Å². The predicted octanol–water partition coefficient (Wildman–Crippen LogP) is 7.94. The molecule has 0 saturated carbocycles. The Morgan fingerprint density at radius 2 is 0.774 bits per heavy atom. The van der Waals surface area contributed by atoms with Crippen LogP contribution >= 0.6 is 0 Å². The van der Waals surface area contributed by atoms with E-state index in [9.17, 15) is 0 Å². The third-order valence-electron chi connectivity index (χ3n) is 5.61. The average molecular weight is 398 g/mol. The summed E-state index contributed by atoms with van der Waals surface area (Å²) in [6, 6.07) is 44.6. The SMILES string of the molecule is Nc1ccc(-c2c(-c3ccccc3)cc(-c3ccccc3)cc2-c2ccccc2)cc1. The molecule has 5 aromatic rings. The molecule has 1 heteroatoms. The van der Waals surface area contributed by atoms with Gasteiger partial charge in [0.05, 0.1) is 0 Å². The van der Waals surface area contributed by atoms with E-state index in [2.05, 4.69) is 115 Å². The molecular weight excluding hydrogens is 374 g/mol. The van der Waals surface area contributed by atoms with Crippen molar-refractivity contribution in [3.8, 4) is 44.5 Å². The normalized spacial score (nSPS) is 10.7. The Morgan fingerprint density at radius 3 is 1.23 bits per heavy atom. The van der Waals surface area contributed by atoms with Gasteiger partial charge in [-0.15, -0.1) is 0 Å². The number of nitrogens with two attached hydrogens (primary N) is 1. The van der Waals surface area contributed by atoms with Crippen LogP contribution in [0.3, 0.4) is 0 Å². The standard InChI is InChI=1S/C30H23N/c31-27-18-16-25(17-19-27)30-28(23-12-6-2-7-13-23)20-26(22-10-4-1-5-11-22)21-29(30)24-14-8-3-9-15-24/h1-21H,31H2. The van der Waals surface area contributed by atoms with Crippen LogP contribution in [0.5, 0.6) is 0 Å². The summed E-state index contributed by atoms with van der Waals surface area (Å²) in [5.74, 6) is 0. The monoisotopic (exact) mass is 397 g/mol. The zero-order chi connectivity index (χ0) is 21.0. The van der Waals surface area contributed by atoms with Crippen LogP contribution in [-0.2, 0) is 0 Å². The molecule has 0 aliphatic carbocycles. The first-order valence-electron chi connectivity index (χ1n) is 10.5. The number of nitrogen functional groups attached to an aromatic ring is 1. The second-order valence-corrected chi connectivity index (χ2v) is 7.67. The Morgan fingerprint density at radius 1 is 0.355 bits per heavy atom. The summed E-state index contributed by atoms with van der Waals surface area (Å²) in [5.41, 5.74) is 16.4. The molecular formula is C30H23N. The van der Waals surface area contributed by atoms with Gasteiger partial charge in [-0.1, -0.05) is 103 Å². The van der Waals surface area contributed by atoms with E-state index in [1.807, 2.05) is 12.1 Å². The van der Waals surface area contributed by atoms with Crippen LogP contribution in [0.25, 0.3) is 44.5 Å². The molecule has 0 fully saturated rings. The summed E-state index contributed by atoms with van der Waals surface area (Å²) in [5, 5.41) is 0. The lowest BCUT2D eigenvalue weighted by molar-refractivity contribution is 1.54. The van der Waals surface area contributed by atoms with Crippen LogP contribution in [0.4, 0.5) is 5.69 Å². The van der Waals surface area contributed by atoms with Crippen LogP contribution in [0.15, 0.2) is 127 Å². The maximum absolute atomic E-state index is 6.00. The predicted molar refractivity (Wildman–Crippen MR) is 133 cm³/mol. The number of rotatable bonds is 4. The molecule has 5 rings (SSSR count). The van der Waals surface area contributed by atoms with E-state index < -0.39 is 0 Å². The van der Waals surface area contributed by atoms with Crippen LogP contribution < -0.4 is 5.73 Å². The Kier molecular flexibility index (Phi) is 5.08. The molecule has 0 heterocycles. The fourth-order valence-corrected chi connectivity index (χ4v) is 4.09. The van der Waals surface area contributed by atoms with Crippen LogP contribution in [0.2, 0.25) is 0 Å². The van der Waals surface area contributed by atoms with Gasteiger partial charge in [-0.2, -0.15) is 0 Å². The highest BCUT2D eigenvalue weighted by atomic mass is 14.5. The first kappa shape index (κ1) is 18.9. The van der Waals surface area contributed by atoms with Gasteiger partial charge in [-0.25, -0.2) is 0 Å². The van der Waals surface area contributed by atoms with E-state index in [1.54, 1.807) is 0 Å². The Labute approximate surface area is 183 Å². The Balaban J connectivity index is 1.87. The van der Waals surface area contributed by atoms with E-state index in [-0.39, 0.29) is 0 Å². The van der Waals surface area contributed by atoms with Crippen molar-refractivity contribution < 1.29 is 0 Å². The van der Waals surface area contributed by atoms with Gasteiger partial charge in [-0.05, 0) is 68.8 Å². The molecule has 0 spiro atoms. The van der Waals surface area contributed by atoms with E-state index in [0.29, 0.717) is 0 Å². The van der Waals surface area contributed by atoms with Crippen molar-refractivity contribution in [2.75, 3.05) is 5.73 Å². The lowest BCUT2D eigenvalue weighted by Gasteiger charge is -2.19. The summed E-state index contributed by atoms with van der Waals surface area (Å²) in [6.07, 6.45) is 0. The molecule has 0 saturated heterocycles. The van der Waals surface area contributed by atoms with Gasteiger partial charge in [0.15, 0.2) is 0 Å². The van der Waals surface area contributed by atoms with Crippen molar-refractivity contribution in [1.29, 1.82) is 0 Å². The molecule has 0 radical (unpaired) electrons. The summed E-state index contributed by atoms with van der Waals surface area (Å²) in [7, 11) is 0. The van der Waals surface area contributed by atoms with Gasteiger partial charge < -0.3 is 5.73 Å². The topological polar surface area (TPSA) is 26.0 Å². The summed E-state index contributed by atoms with van der Waals surface area (Å²) in [4.78, 5) is 0. The largest absolute Gasteiger partial charge is 0.399 e. The van der Waals surface area contributed by atoms with Crippen molar-refractivity contribution in [3.63, 3.8) is 0 Å². The quantitative estimate of drug-likeness (QED) is 0.306. The molecule has 0 aliphatic rings. The highest BCUT2D eigenvalue weighted by Crippen LogP contribution is 2.43. The molecule has 0 amide bonds. The van der Waals surface area contributed by atoms with E-state index in [1.165, 1.54) is 38.9 Å². The molecule has 0 aromatic heterocycles. The molecule has 0 unspecified atom stereocenters. The zero-order valence-corrected chi connectivity index (χ0v) is 17.2. The van der Waals surface area contributed by atoms with Crippen LogP contribution in [0, 0.1) is 0 Å². The number of hydrogen-bond acceptors (Lipinski definition) is 1. The lowest BCUT2D eigenvalue weighted by Crippen LogP contribution is -1.93. The van der Waals surface area contributed by atoms with E-state index in [4.69, 9.17) is 5.73 Å². The molecule has 0 atom stereocenters. The minimum absolute atomic E-state index is 0.771. The van der Waals surface area contributed by atoms with E-state index in [0.717, 1.165) is 11.3 Å². The fraction of sp³-hybridized carbons (Fsp3) is 0. The zero-order valence-electron chi connectivity index (χ0n) is 17.2. The molecule has 148 valence electrons. The number of hydrogen-bond donors (Lipinski definition) is 1. The minimum Gasteiger partial charge on any atom is -0.399 e. The number of anilines is 1. The summed E-state index contributed by atoms with van der Waals surface area (Å²) >= 11 is 0. The van der Waals surface area contributed by atoms with Gasteiger partial charge >= 0.3 is 0 Å². The molecule has 31 heavy (non-hydrogen) atoms. The summed E-state index contributed by atoms with van der Waals surface area (Å²) in [6.45, 7) is 0. The first-order valence-corrected chi connectivity index (χ1v) is 10.5. The smallest absolute Gasteiger partial charge is 0.0314 e. The fourth-order valence-electron chi connectivity index (χ4n) is 4.09. The van der Waals surface area contributed by atoms with Crippen LogP contribution in [-0.4, -0.2) is 0 Å². The molecule has 0 bridgehead atoms. The van der Waals surface area contributed by atoms with Crippen molar-refractivity contribution in [1.82, 2.24) is 0 Å². The molecule has 5 aromatic carbocycles. The maximum atomic E-state index is 6.00. The highest BCUT2D eigenvalue weighted by Gasteiger charge is 2.16. The van der Waals surface area contributed by atoms with Gasteiger partial charge in [0.2, 0.25) is 0 Å². The minimum atomic E-state index is 0.771. The highest BCUT2D eigenvalue weighted by molar-refractivity contribution is 5.97. The maximum Gasteiger partial charge on any atom is 0.0314 e. The second-order valence-electron chi connectivity index (χ2n) is 7.67. The number of benzene rings is 5. The van der Waals surface area contributed by atoms with Crippen molar-refractivity contribution in [2.24, 2.45) is 0 Å². The van der Waals surface area contributed by atoms with Gasteiger partial charge in [0.1, 0.15) is 0 Å². The molecule has 0 aliphatic heterocycles. The van der Waals surface area contributed by atoms with Gasteiger partial charge in [0, 0.05) is 5.69 Å².